The second kappa shape index (κ2) is 9.86. The van der Waals surface area contributed by atoms with Crippen molar-refractivity contribution in [2.24, 2.45) is 5.92 Å². The number of carbonyl (C=O) groups excluding carboxylic acids is 2. The van der Waals surface area contributed by atoms with E-state index >= 15 is 0 Å². The molecule has 1 aliphatic heterocycles. The van der Waals surface area contributed by atoms with Gasteiger partial charge in [0.05, 0.1) is 15.9 Å². The van der Waals surface area contributed by atoms with Crippen LogP contribution in [0.25, 0.3) is 0 Å². The molecule has 8 heteroatoms. The third kappa shape index (κ3) is 5.10. The number of thiophene rings is 1. The molecular weight excluding hydrogens is 473 g/mol. The first-order chi connectivity index (χ1) is 16.4. The maximum absolute atomic E-state index is 13.9. The molecule has 0 radical (unpaired) electrons. The molecular formula is C26H31ClFN3O2S. The van der Waals surface area contributed by atoms with Crippen molar-refractivity contribution in [3.05, 3.63) is 50.4 Å². The van der Waals surface area contributed by atoms with Gasteiger partial charge in [0.15, 0.2) is 0 Å². The summed E-state index contributed by atoms with van der Waals surface area (Å²) < 4.78 is 13.9. The van der Waals surface area contributed by atoms with Crippen molar-refractivity contribution in [3.63, 3.8) is 0 Å². The van der Waals surface area contributed by atoms with Crippen LogP contribution in [0, 0.1) is 11.7 Å². The van der Waals surface area contributed by atoms with Gasteiger partial charge < -0.3 is 15.5 Å². The highest BCUT2D eigenvalue weighted by molar-refractivity contribution is 7.14. The Morgan fingerprint density at radius 3 is 2.71 bits per heavy atom. The van der Waals surface area contributed by atoms with Crippen LogP contribution in [0.4, 0.5) is 10.1 Å². The fourth-order valence-electron chi connectivity index (χ4n) is 5.23. The third-order valence-electron chi connectivity index (χ3n) is 7.37. The van der Waals surface area contributed by atoms with Crippen LogP contribution < -0.4 is 15.5 Å². The van der Waals surface area contributed by atoms with Gasteiger partial charge >= 0.3 is 0 Å². The molecule has 0 saturated heterocycles. The molecule has 2 aliphatic carbocycles. The van der Waals surface area contributed by atoms with Crippen molar-refractivity contribution in [1.29, 1.82) is 0 Å². The number of amides is 2. The topological polar surface area (TPSA) is 61.4 Å². The van der Waals surface area contributed by atoms with Crippen LogP contribution in [-0.4, -0.2) is 30.4 Å². The maximum Gasteiger partial charge on any atom is 0.262 e. The number of hydrogen-bond acceptors (Lipinski definition) is 4. The van der Waals surface area contributed by atoms with Crippen LogP contribution in [0.15, 0.2) is 24.3 Å². The molecule has 34 heavy (non-hydrogen) atoms. The number of nitrogens with one attached hydrogen (secondary N) is 2. The zero-order valence-electron chi connectivity index (χ0n) is 19.4. The molecule has 3 aliphatic rings. The molecule has 1 aromatic carbocycles. The molecule has 2 N–H and O–H groups in total. The van der Waals surface area contributed by atoms with Gasteiger partial charge in [-0.3, -0.25) is 9.59 Å². The van der Waals surface area contributed by atoms with Gasteiger partial charge in [0, 0.05) is 23.2 Å². The molecule has 5 nitrogen and oxygen atoms in total. The predicted molar refractivity (Wildman–Crippen MR) is 134 cm³/mol. The molecule has 5 rings (SSSR count). The van der Waals surface area contributed by atoms with Crippen molar-refractivity contribution in [2.75, 3.05) is 11.4 Å². The fourth-order valence-corrected chi connectivity index (χ4v) is 6.36. The summed E-state index contributed by atoms with van der Waals surface area (Å²) >= 11 is 7.49. The van der Waals surface area contributed by atoms with E-state index in [0.717, 1.165) is 54.8 Å². The van der Waals surface area contributed by atoms with Crippen LogP contribution >= 0.6 is 22.9 Å². The monoisotopic (exact) mass is 503 g/mol. The highest BCUT2D eigenvalue weighted by atomic mass is 35.5. The number of fused-ring (bicyclic) bond motifs is 1. The van der Waals surface area contributed by atoms with E-state index in [2.05, 4.69) is 22.5 Å². The molecule has 2 heterocycles. The molecule has 2 fully saturated rings. The van der Waals surface area contributed by atoms with Gasteiger partial charge in [0.2, 0.25) is 5.91 Å². The van der Waals surface area contributed by atoms with Crippen LogP contribution in [-0.2, 0) is 11.2 Å². The molecule has 2 amide bonds. The normalized spacial score (nSPS) is 19.7. The number of carbonyl (C=O) groups is 2. The first-order valence-corrected chi connectivity index (χ1v) is 13.5. The Bertz CT molecular complexity index is 1080. The molecule has 0 unspecified atom stereocenters. The lowest BCUT2D eigenvalue weighted by Crippen LogP contribution is -2.48. The Labute approximate surface area is 209 Å². The standard InChI is InChI=1S/C26H31ClFN3O2S/c1-15(31-11-10-17-13-20(28)19(27)14-22(17)31)23-8-9-24(34-23)26(33)30-21(12-16-4-2-3-5-16)25(32)29-18-6-7-18/h8-9,13-16,18,21H,2-7,10-12H2,1H3,(H,29,32)(H,30,33)/t15-,21-/m0/s1. The van der Waals surface area contributed by atoms with E-state index in [4.69, 9.17) is 11.6 Å². The number of nitrogens with zero attached hydrogens (tertiary/aromatic N) is 1. The lowest BCUT2D eigenvalue weighted by Gasteiger charge is -2.26. The van der Waals surface area contributed by atoms with E-state index in [1.165, 1.54) is 30.2 Å². The minimum atomic E-state index is -0.485. The number of hydrogen-bond donors (Lipinski definition) is 2. The van der Waals surface area contributed by atoms with Crippen LogP contribution in [0.3, 0.4) is 0 Å². The fraction of sp³-hybridized carbons (Fsp3) is 0.538. The van der Waals surface area contributed by atoms with Crippen LogP contribution in [0.5, 0.6) is 0 Å². The molecule has 0 spiro atoms. The summed E-state index contributed by atoms with van der Waals surface area (Å²) in [6.07, 6.45) is 8.22. The van der Waals surface area contributed by atoms with Gasteiger partial charge in [-0.15, -0.1) is 11.3 Å². The molecule has 2 saturated carbocycles. The minimum Gasteiger partial charge on any atom is -0.363 e. The molecule has 182 valence electrons. The maximum atomic E-state index is 13.9. The smallest absolute Gasteiger partial charge is 0.262 e. The van der Waals surface area contributed by atoms with E-state index in [1.54, 1.807) is 6.07 Å². The van der Waals surface area contributed by atoms with Crippen molar-refractivity contribution in [1.82, 2.24) is 10.6 Å². The lowest BCUT2D eigenvalue weighted by molar-refractivity contribution is -0.123. The van der Waals surface area contributed by atoms with Crippen molar-refractivity contribution >= 4 is 40.4 Å². The van der Waals surface area contributed by atoms with Gasteiger partial charge in [-0.05, 0) is 68.4 Å². The van der Waals surface area contributed by atoms with Gasteiger partial charge in [0.1, 0.15) is 11.9 Å². The van der Waals surface area contributed by atoms with Gasteiger partial charge in [-0.25, -0.2) is 4.39 Å². The highest BCUT2D eigenvalue weighted by Gasteiger charge is 2.32. The van der Waals surface area contributed by atoms with Gasteiger partial charge in [-0.2, -0.15) is 0 Å². The first kappa shape index (κ1) is 23.6. The second-order valence-electron chi connectivity index (χ2n) is 9.91. The van der Waals surface area contributed by atoms with E-state index in [-0.39, 0.29) is 34.7 Å². The Kier molecular flexibility index (Phi) is 6.85. The number of anilines is 1. The second-order valence-corrected chi connectivity index (χ2v) is 11.4. The van der Waals surface area contributed by atoms with E-state index in [9.17, 15) is 14.0 Å². The summed E-state index contributed by atoms with van der Waals surface area (Å²) in [7, 11) is 0. The van der Waals surface area contributed by atoms with Crippen molar-refractivity contribution in [3.8, 4) is 0 Å². The van der Waals surface area contributed by atoms with Gasteiger partial charge in [-0.1, -0.05) is 37.3 Å². The lowest BCUT2D eigenvalue weighted by atomic mass is 9.97. The molecule has 0 bridgehead atoms. The number of halogens is 2. The van der Waals surface area contributed by atoms with Crippen LogP contribution in [0.2, 0.25) is 5.02 Å². The molecule has 1 aromatic heterocycles. The van der Waals surface area contributed by atoms with E-state index in [0.29, 0.717) is 17.2 Å². The molecule has 2 aromatic rings. The quantitative estimate of drug-likeness (QED) is 0.491. The SMILES string of the molecule is C[C@@H](c1ccc(C(=O)N[C@@H](CC2CCCC2)C(=O)NC2CC2)s1)N1CCc2cc(F)c(Cl)cc21. The summed E-state index contributed by atoms with van der Waals surface area (Å²) in [4.78, 5) is 29.8. The largest absolute Gasteiger partial charge is 0.363 e. The number of rotatable bonds is 8. The summed E-state index contributed by atoms with van der Waals surface area (Å²) in [5.74, 6) is -0.126. The van der Waals surface area contributed by atoms with Gasteiger partial charge in [0.25, 0.3) is 5.91 Å². The Balaban J connectivity index is 1.27. The summed E-state index contributed by atoms with van der Waals surface area (Å²) in [6, 6.07) is 6.85. The van der Waals surface area contributed by atoms with Crippen molar-refractivity contribution < 1.29 is 14.0 Å². The zero-order chi connectivity index (χ0) is 23.8. The third-order valence-corrected chi connectivity index (χ3v) is 8.92. The average Bonchev–Trinajstić information content (AvgIpc) is 3.22. The average molecular weight is 504 g/mol. The highest BCUT2D eigenvalue weighted by Crippen LogP contribution is 2.39. The number of benzene rings is 1. The van der Waals surface area contributed by atoms with Crippen LogP contribution in [0.1, 0.15) is 78.0 Å². The molecule has 2 atom stereocenters. The summed E-state index contributed by atoms with van der Waals surface area (Å²) in [5.41, 5.74) is 1.91. The zero-order valence-corrected chi connectivity index (χ0v) is 21.0. The Morgan fingerprint density at radius 1 is 1.21 bits per heavy atom. The summed E-state index contributed by atoms with van der Waals surface area (Å²) in [5, 5.41) is 6.23. The first-order valence-electron chi connectivity index (χ1n) is 12.3. The Hall–Kier alpha value is -2.12. The minimum absolute atomic E-state index is 0.0294. The van der Waals surface area contributed by atoms with Crippen molar-refractivity contribution in [2.45, 2.75) is 76.4 Å². The Morgan fingerprint density at radius 2 is 1.97 bits per heavy atom. The predicted octanol–water partition coefficient (Wildman–Crippen LogP) is 5.62. The van der Waals surface area contributed by atoms with E-state index in [1.807, 2.05) is 12.1 Å². The van der Waals surface area contributed by atoms with E-state index < -0.39 is 6.04 Å². The summed E-state index contributed by atoms with van der Waals surface area (Å²) in [6.45, 7) is 2.87.